The molecular weight excluding hydrogens is 274 g/mol. The molecule has 2 N–H and O–H groups in total. The lowest BCUT2D eigenvalue weighted by atomic mass is 9.97. The Kier molecular flexibility index (Phi) is 4.72. The summed E-state index contributed by atoms with van der Waals surface area (Å²) in [6.07, 6.45) is 6.62. The highest BCUT2D eigenvalue weighted by molar-refractivity contribution is 5.88. The number of nitrogens with one attached hydrogen (secondary N) is 1. The van der Waals surface area contributed by atoms with Gasteiger partial charge in [-0.3, -0.25) is 10.1 Å². The maximum atomic E-state index is 11.1. The molecule has 0 bridgehead atoms. The van der Waals surface area contributed by atoms with E-state index in [2.05, 4.69) is 17.2 Å². The molecule has 7 heteroatoms. The first-order chi connectivity index (χ1) is 9.99. The van der Waals surface area contributed by atoms with Crippen molar-refractivity contribution in [3.63, 3.8) is 0 Å². The zero-order valence-corrected chi connectivity index (χ0v) is 11.9. The van der Waals surface area contributed by atoms with Crippen molar-refractivity contribution < 1.29 is 14.8 Å². The number of nitrogens with zero attached hydrogens (tertiary/aromatic N) is 2. The van der Waals surface area contributed by atoms with E-state index in [9.17, 15) is 14.9 Å². The van der Waals surface area contributed by atoms with E-state index in [0.29, 0.717) is 5.92 Å². The van der Waals surface area contributed by atoms with Gasteiger partial charge in [0.05, 0.1) is 10.5 Å². The molecule has 0 aliphatic heterocycles. The molecule has 1 aliphatic carbocycles. The second kappa shape index (κ2) is 6.51. The molecule has 21 heavy (non-hydrogen) atoms. The lowest BCUT2D eigenvalue weighted by Crippen LogP contribution is -2.27. The summed E-state index contributed by atoms with van der Waals surface area (Å²) >= 11 is 0. The van der Waals surface area contributed by atoms with Gasteiger partial charge >= 0.3 is 11.7 Å². The van der Waals surface area contributed by atoms with Crippen LogP contribution in [-0.4, -0.2) is 27.0 Å². The van der Waals surface area contributed by atoms with Crippen molar-refractivity contribution in [2.24, 2.45) is 5.92 Å². The Bertz CT molecular complexity index is 547. The Morgan fingerprint density at radius 2 is 2.14 bits per heavy atom. The molecule has 7 nitrogen and oxygen atoms in total. The zero-order valence-electron chi connectivity index (χ0n) is 11.9. The molecule has 2 atom stereocenters. The molecule has 0 saturated heterocycles. The van der Waals surface area contributed by atoms with E-state index in [1.54, 1.807) is 0 Å². The minimum absolute atomic E-state index is 0.134. The SMILES string of the molecule is CC1CCCCCC1Nc1ncc(C(=O)O)cc1[N+](=O)[O-]. The Morgan fingerprint density at radius 3 is 2.81 bits per heavy atom. The molecule has 1 aromatic rings. The van der Waals surface area contributed by atoms with Crippen molar-refractivity contribution >= 4 is 17.5 Å². The van der Waals surface area contributed by atoms with Crippen LogP contribution in [0.15, 0.2) is 12.3 Å². The number of rotatable bonds is 4. The van der Waals surface area contributed by atoms with Crippen LogP contribution < -0.4 is 5.32 Å². The maximum absolute atomic E-state index is 11.1. The molecule has 2 rings (SSSR count). The Morgan fingerprint density at radius 1 is 1.43 bits per heavy atom. The van der Waals surface area contributed by atoms with Crippen molar-refractivity contribution in [1.29, 1.82) is 0 Å². The normalized spacial score (nSPS) is 22.3. The number of hydrogen-bond donors (Lipinski definition) is 2. The molecule has 1 heterocycles. The number of nitro groups is 1. The van der Waals surface area contributed by atoms with Crippen LogP contribution in [0.1, 0.15) is 49.4 Å². The predicted octanol–water partition coefficient (Wildman–Crippen LogP) is 3.07. The molecule has 0 spiro atoms. The van der Waals surface area contributed by atoms with Gasteiger partial charge in [0.2, 0.25) is 5.82 Å². The van der Waals surface area contributed by atoms with Gasteiger partial charge in [-0.2, -0.15) is 0 Å². The molecule has 1 saturated carbocycles. The smallest absolute Gasteiger partial charge is 0.337 e. The van der Waals surface area contributed by atoms with E-state index in [-0.39, 0.29) is 23.1 Å². The van der Waals surface area contributed by atoms with Gasteiger partial charge in [0.15, 0.2) is 0 Å². The Balaban J connectivity index is 2.26. The number of pyridine rings is 1. The first kappa shape index (κ1) is 15.2. The molecule has 0 aromatic carbocycles. The van der Waals surface area contributed by atoms with Gasteiger partial charge in [-0.15, -0.1) is 0 Å². The molecule has 0 radical (unpaired) electrons. The standard InChI is InChI=1S/C14H19N3O4/c1-9-5-3-2-4-6-11(9)16-13-12(17(20)21)7-10(8-15-13)14(18)19/h7-9,11H,2-6H2,1H3,(H,15,16)(H,18,19). The summed E-state index contributed by atoms with van der Waals surface area (Å²) in [5.74, 6) is -0.656. The van der Waals surface area contributed by atoms with E-state index in [1.807, 2.05) is 0 Å². The van der Waals surface area contributed by atoms with Crippen molar-refractivity contribution in [3.05, 3.63) is 27.9 Å². The number of hydrogen-bond acceptors (Lipinski definition) is 5. The van der Waals surface area contributed by atoms with Crippen molar-refractivity contribution in [3.8, 4) is 0 Å². The molecule has 1 fully saturated rings. The van der Waals surface area contributed by atoms with Gasteiger partial charge in [-0.25, -0.2) is 9.78 Å². The fraction of sp³-hybridized carbons (Fsp3) is 0.571. The molecule has 1 aliphatic rings. The third kappa shape index (κ3) is 3.68. The third-order valence-electron chi connectivity index (χ3n) is 3.99. The largest absolute Gasteiger partial charge is 0.478 e. The van der Waals surface area contributed by atoms with Crippen LogP contribution in [0.3, 0.4) is 0 Å². The molecule has 2 unspecified atom stereocenters. The van der Waals surface area contributed by atoms with Gasteiger partial charge in [-0.1, -0.05) is 26.2 Å². The van der Waals surface area contributed by atoms with E-state index in [4.69, 9.17) is 5.11 Å². The summed E-state index contributed by atoms with van der Waals surface area (Å²) < 4.78 is 0. The monoisotopic (exact) mass is 293 g/mol. The number of aromatic carboxylic acids is 1. The lowest BCUT2D eigenvalue weighted by molar-refractivity contribution is -0.384. The quantitative estimate of drug-likeness (QED) is 0.502. The zero-order chi connectivity index (χ0) is 15.4. The minimum atomic E-state index is -1.22. The van der Waals surface area contributed by atoms with E-state index in [0.717, 1.165) is 31.5 Å². The lowest BCUT2D eigenvalue weighted by Gasteiger charge is -2.23. The highest BCUT2D eigenvalue weighted by Crippen LogP contribution is 2.29. The second-order valence-corrected chi connectivity index (χ2v) is 5.52. The Hall–Kier alpha value is -2.18. The van der Waals surface area contributed by atoms with Crippen LogP contribution in [0.25, 0.3) is 0 Å². The third-order valence-corrected chi connectivity index (χ3v) is 3.99. The summed E-state index contributed by atoms with van der Waals surface area (Å²) in [6.45, 7) is 2.13. The van der Waals surface area contributed by atoms with Crippen LogP contribution in [0, 0.1) is 16.0 Å². The number of anilines is 1. The maximum Gasteiger partial charge on any atom is 0.337 e. The summed E-state index contributed by atoms with van der Waals surface area (Å²) in [7, 11) is 0. The van der Waals surface area contributed by atoms with E-state index < -0.39 is 10.9 Å². The number of aromatic nitrogens is 1. The fourth-order valence-electron chi connectivity index (χ4n) is 2.70. The highest BCUT2D eigenvalue weighted by atomic mass is 16.6. The fourth-order valence-corrected chi connectivity index (χ4v) is 2.70. The number of carboxylic acids is 1. The second-order valence-electron chi connectivity index (χ2n) is 5.52. The summed E-state index contributed by atoms with van der Waals surface area (Å²) in [5, 5.41) is 23.2. The van der Waals surface area contributed by atoms with Crippen molar-refractivity contribution in [2.45, 2.75) is 45.1 Å². The molecule has 1 aromatic heterocycles. The Labute approximate surface area is 122 Å². The summed E-state index contributed by atoms with van der Waals surface area (Å²) in [5.41, 5.74) is -0.465. The average molecular weight is 293 g/mol. The predicted molar refractivity (Wildman–Crippen MR) is 77.5 cm³/mol. The van der Waals surface area contributed by atoms with Crippen LogP contribution in [-0.2, 0) is 0 Å². The average Bonchev–Trinajstić information content (AvgIpc) is 2.64. The topological polar surface area (TPSA) is 105 Å². The van der Waals surface area contributed by atoms with Gasteiger partial charge in [0.25, 0.3) is 0 Å². The van der Waals surface area contributed by atoms with Crippen LogP contribution in [0.4, 0.5) is 11.5 Å². The van der Waals surface area contributed by atoms with Gasteiger partial charge in [0, 0.05) is 18.3 Å². The van der Waals surface area contributed by atoms with E-state index >= 15 is 0 Å². The first-order valence-electron chi connectivity index (χ1n) is 7.13. The van der Waals surface area contributed by atoms with E-state index in [1.165, 1.54) is 12.8 Å². The molecular formula is C14H19N3O4. The van der Waals surface area contributed by atoms with Gasteiger partial charge in [0.1, 0.15) is 0 Å². The van der Waals surface area contributed by atoms with Crippen molar-refractivity contribution in [2.75, 3.05) is 5.32 Å². The highest BCUT2D eigenvalue weighted by Gasteiger charge is 2.25. The van der Waals surface area contributed by atoms with Crippen molar-refractivity contribution in [1.82, 2.24) is 4.98 Å². The minimum Gasteiger partial charge on any atom is -0.478 e. The number of carbonyl (C=O) groups is 1. The number of carboxylic acid groups (broad SMARTS) is 1. The van der Waals surface area contributed by atoms with Crippen LogP contribution in [0.5, 0.6) is 0 Å². The van der Waals surface area contributed by atoms with Crippen LogP contribution in [0.2, 0.25) is 0 Å². The van der Waals surface area contributed by atoms with Gasteiger partial charge in [-0.05, 0) is 18.8 Å². The van der Waals surface area contributed by atoms with Gasteiger partial charge < -0.3 is 10.4 Å². The first-order valence-corrected chi connectivity index (χ1v) is 7.13. The van der Waals surface area contributed by atoms with Crippen LogP contribution >= 0.6 is 0 Å². The summed E-state index contributed by atoms with van der Waals surface area (Å²) in [4.78, 5) is 25.4. The summed E-state index contributed by atoms with van der Waals surface area (Å²) in [6, 6.07) is 1.19. The molecule has 114 valence electrons. The molecule has 0 amide bonds.